The second-order valence-electron chi connectivity index (χ2n) is 7.27. The molecule has 0 aliphatic rings. The lowest BCUT2D eigenvalue weighted by atomic mass is 9.82. The first-order chi connectivity index (χ1) is 13.0. The normalized spacial score (nSPS) is 12.0. The number of phenols is 1. The van der Waals surface area contributed by atoms with Crippen LogP contribution < -0.4 is 0 Å². The van der Waals surface area contributed by atoms with E-state index in [0.717, 1.165) is 47.9 Å². The molecule has 1 N–H and O–H groups in total. The minimum Gasteiger partial charge on any atom is -0.507 e. The van der Waals surface area contributed by atoms with Crippen molar-refractivity contribution in [3.05, 3.63) is 64.2 Å². The number of ether oxygens (including phenoxy) is 1. The Balaban J connectivity index is 2.15. The van der Waals surface area contributed by atoms with E-state index in [0.29, 0.717) is 18.8 Å². The number of phenolic OH excluding ortho intramolecular Hbond substituents is 1. The maximum absolute atomic E-state index is 11.5. The van der Waals surface area contributed by atoms with Gasteiger partial charge in [-0.2, -0.15) is 0 Å². The molecular formula is C24H32O3. The Morgan fingerprint density at radius 1 is 1.04 bits per heavy atom. The summed E-state index contributed by atoms with van der Waals surface area (Å²) >= 11 is 0. The summed E-state index contributed by atoms with van der Waals surface area (Å²) in [7, 11) is 0. The molecule has 2 aromatic carbocycles. The van der Waals surface area contributed by atoms with Crippen LogP contribution in [0.25, 0.3) is 0 Å². The molecule has 3 nitrogen and oxygen atoms in total. The van der Waals surface area contributed by atoms with Gasteiger partial charge in [-0.05, 0) is 62.8 Å². The third-order valence-electron chi connectivity index (χ3n) is 5.29. The first kappa shape index (κ1) is 21.0. The number of hydrogen-bond acceptors (Lipinski definition) is 3. The lowest BCUT2D eigenvalue weighted by Gasteiger charge is -2.23. The molecule has 0 aliphatic heterocycles. The van der Waals surface area contributed by atoms with Crippen LogP contribution in [-0.4, -0.2) is 17.7 Å². The van der Waals surface area contributed by atoms with Crippen molar-refractivity contribution in [1.29, 1.82) is 0 Å². The van der Waals surface area contributed by atoms with Gasteiger partial charge in [0.1, 0.15) is 5.75 Å². The standard InChI is InChI=1S/C24H32O3/c1-5-27-22(25)15-11-7-10-14-21(20-12-8-6-9-13-20)23-18(3)16-17(2)19(4)24(23)26/h6,8-9,12-13,16,21,26H,5,7,10-11,14-15H2,1-4H3. The molecule has 3 heteroatoms. The Labute approximate surface area is 163 Å². The molecule has 0 aliphatic carbocycles. The minimum atomic E-state index is -0.111. The Bertz CT molecular complexity index is 750. The highest BCUT2D eigenvalue weighted by molar-refractivity contribution is 5.69. The highest BCUT2D eigenvalue weighted by atomic mass is 16.5. The number of aromatic hydroxyl groups is 1. The molecule has 0 aromatic heterocycles. The number of aryl methyl sites for hydroxylation is 2. The highest BCUT2D eigenvalue weighted by Gasteiger charge is 2.21. The van der Waals surface area contributed by atoms with E-state index in [1.54, 1.807) is 0 Å². The van der Waals surface area contributed by atoms with Gasteiger partial charge in [-0.3, -0.25) is 4.79 Å². The summed E-state index contributed by atoms with van der Waals surface area (Å²) in [4.78, 5) is 11.5. The van der Waals surface area contributed by atoms with E-state index >= 15 is 0 Å². The van der Waals surface area contributed by atoms with Gasteiger partial charge in [-0.25, -0.2) is 0 Å². The predicted molar refractivity (Wildman–Crippen MR) is 110 cm³/mol. The molecule has 0 saturated heterocycles. The van der Waals surface area contributed by atoms with Crippen molar-refractivity contribution in [2.45, 2.75) is 65.7 Å². The van der Waals surface area contributed by atoms with E-state index in [-0.39, 0.29) is 11.9 Å². The minimum absolute atomic E-state index is 0.111. The van der Waals surface area contributed by atoms with E-state index in [9.17, 15) is 9.90 Å². The third kappa shape index (κ3) is 5.59. The van der Waals surface area contributed by atoms with Gasteiger partial charge in [0.15, 0.2) is 0 Å². The monoisotopic (exact) mass is 368 g/mol. The first-order valence-electron chi connectivity index (χ1n) is 9.95. The molecule has 0 saturated carbocycles. The molecule has 0 spiro atoms. The molecule has 1 unspecified atom stereocenters. The van der Waals surface area contributed by atoms with Gasteiger partial charge in [-0.1, -0.05) is 49.2 Å². The largest absolute Gasteiger partial charge is 0.507 e. The second-order valence-corrected chi connectivity index (χ2v) is 7.27. The van der Waals surface area contributed by atoms with Crippen LogP contribution in [0.1, 0.15) is 72.8 Å². The molecule has 27 heavy (non-hydrogen) atoms. The summed E-state index contributed by atoms with van der Waals surface area (Å²) in [5, 5.41) is 10.9. The summed E-state index contributed by atoms with van der Waals surface area (Å²) in [6, 6.07) is 12.6. The maximum Gasteiger partial charge on any atom is 0.305 e. The van der Waals surface area contributed by atoms with Gasteiger partial charge in [0.25, 0.3) is 0 Å². The van der Waals surface area contributed by atoms with E-state index in [4.69, 9.17) is 4.74 Å². The molecule has 0 fully saturated rings. The zero-order valence-corrected chi connectivity index (χ0v) is 17.0. The van der Waals surface area contributed by atoms with E-state index in [1.807, 2.05) is 26.8 Å². The van der Waals surface area contributed by atoms with Gasteiger partial charge in [0, 0.05) is 17.9 Å². The number of hydrogen-bond donors (Lipinski definition) is 1. The highest BCUT2D eigenvalue weighted by Crippen LogP contribution is 2.40. The third-order valence-corrected chi connectivity index (χ3v) is 5.29. The van der Waals surface area contributed by atoms with Crippen LogP contribution in [0.3, 0.4) is 0 Å². The van der Waals surface area contributed by atoms with Crippen molar-refractivity contribution in [1.82, 2.24) is 0 Å². The Morgan fingerprint density at radius 2 is 1.74 bits per heavy atom. The smallest absolute Gasteiger partial charge is 0.305 e. The van der Waals surface area contributed by atoms with E-state index in [2.05, 4.69) is 37.3 Å². The number of benzene rings is 2. The van der Waals surface area contributed by atoms with Crippen LogP contribution in [-0.2, 0) is 9.53 Å². The van der Waals surface area contributed by atoms with Crippen molar-refractivity contribution in [2.24, 2.45) is 0 Å². The van der Waals surface area contributed by atoms with Crippen LogP contribution in [0.2, 0.25) is 0 Å². The number of unbranched alkanes of at least 4 members (excludes halogenated alkanes) is 2. The quantitative estimate of drug-likeness (QED) is 0.438. The van der Waals surface area contributed by atoms with Gasteiger partial charge < -0.3 is 9.84 Å². The second kappa shape index (κ2) is 10.1. The van der Waals surface area contributed by atoms with Gasteiger partial charge in [-0.15, -0.1) is 0 Å². The SMILES string of the molecule is CCOC(=O)CCCCCC(c1ccccc1)c1c(C)cc(C)c(C)c1O. The Morgan fingerprint density at radius 3 is 2.41 bits per heavy atom. The molecule has 1 atom stereocenters. The summed E-state index contributed by atoms with van der Waals surface area (Å²) < 4.78 is 4.99. The zero-order chi connectivity index (χ0) is 19.8. The lowest BCUT2D eigenvalue weighted by Crippen LogP contribution is -2.06. The average Bonchev–Trinajstić information content (AvgIpc) is 2.65. The number of carbonyl (C=O) groups is 1. The number of rotatable bonds is 9. The van der Waals surface area contributed by atoms with Crippen molar-refractivity contribution in [3.8, 4) is 5.75 Å². The van der Waals surface area contributed by atoms with Crippen molar-refractivity contribution < 1.29 is 14.6 Å². The molecule has 0 amide bonds. The molecule has 146 valence electrons. The Hall–Kier alpha value is -2.29. The van der Waals surface area contributed by atoms with Crippen LogP contribution >= 0.6 is 0 Å². The molecule has 0 bridgehead atoms. The zero-order valence-electron chi connectivity index (χ0n) is 17.0. The summed E-state index contributed by atoms with van der Waals surface area (Å²) in [6.45, 7) is 8.38. The van der Waals surface area contributed by atoms with Gasteiger partial charge in [0.2, 0.25) is 0 Å². The van der Waals surface area contributed by atoms with Crippen molar-refractivity contribution in [2.75, 3.05) is 6.61 Å². The van der Waals surface area contributed by atoms with Crippen molar-refractivity contribution >= 4 is 5.97 Å². The number of esters is 1. The lowest BCUT2D eigenvalue weighted by molar-refractivity contribution is -0.143. The van der Waals surface area contributed by atoms with E-state index in [1.165, 1.54) is 5.56 Å². The van der Waals surface area contributed by atoms with E-state index < -0.39 is 0 Å². The van der Waals surface area contributed by atoms with Crippen LogP contribution in [0.5, 0.6) is 5.75 Å². The fourth-order valence-electron chi connectivity index (χ4n) is 3.72. The summed E-state index contributed by atoms with van der Waals surface area (Å²) in [5.41, 5.74) is 5.48. The molecule has 2 rings (SSSR count). The fourth-order valence-corrected chi connectivity index (χ4v) is 3.72. The van der Waals surface area contributed by atoms with Gasteiger partial charge in [0.05, 0.1) is 6.61 Å². The topological polar surface area (TPSA) is 46.5 Å². The predicted octanol–water partition coefficient (Wildman–Crippen LogP) is 5.96. The molecule has 0 radical (unpaired) electrons. The number of carbonyl (C=O) groups excluding carboxylic acids is 1. The fraction of sp³-hybridized carbons (Fsp3) is 0.458. The maximum atomic E-state index is 11.5. The van der Waals surface area contributed by atoms with Crippen molar-refractivity contribution in [3.63, 3.8) is 0 Å². The summed E-state index contributed by atoms with van der Waals surface area (Å²) in [6.07, 6.45) is 4.26. The first-order valence-corrected chi connectivity index (χ1v) is 9.95. The molecule has 2 aromatic rings. The Kier molecular flexibility index (Phi) is 7.90. The van der Waals surface area contributed by atoms with Crippen LogP contribution in [0, 0.1) is 20.8 Å². The summed E-state index contributed by atoms with van der Waals surface area (Å²) in [5.74, 6) is 0.473. The average molecular weight is 369 g/mol. The molecular weight excluding hydrogens is 336 g/mol. The van der Waals surface area contributed by atoms with Gasteiger partial charge >= 0.3 is 5.97 Å². The van der Waals surface area contributed by atoms with Crippen LogP contribution in [0.4, 0.5) is 0 Å². The van der Waals surface area contributed by atoms with Crippen LogP contribution in [0.15, 0.2) is 36.4 Å². The molecule has 0 heterocycles.